The van der Waals surface area contributed by atoms with Gasteiger partial charge in [0.15, 0.2) is 0 Å². The van der Waals surface area contributed by atoms with Gasteiger partial charge in [0.25, 0.3) is 5.91 Å². The molecule has 20 heavy (non-hydrogen) atoms. The summed E-state index contributed by atoms with van der Waals surface area (Å²) in [5.74, 6) is 0.652. The standard InChI is InChI=1S/C14H23N5O/c1-4-18(5-2)13(20)12-10-11(3)16-14(17-12)19-8-6-15-7-9-19/h10,15H,4-9H2,1-3H3. The molecule has 2 heterocycles. The quantitative estimate of drug-likeness (QED) is 0.877. The summed E-state index contributed by atoms with van der Waals surface area (Å²) >= 11 is 0. The largest absolute Gasteiger partial charge is 0.338 e. The van der Waals surface area contributed by atoms with Crippen molar-refractivity contribution in [2.45, 2.75) is 20.8 Å². The highest BCUT2D eigenvalue weighted by atomic mass is 16.2. The van der Waals surface area contributed by atoms with E-state index in [-0.39, 0.29) is 5.91 Å². The fourth-order valence-corrected chi connectivity index (χ4v) is 2.34. The molecule has 1 saturated heterocycles. The molecule has 6 heteroatoms. The minimum absolute atomic E-state index is 0.0168. The predicted molar refractivity (Wildman–Crippen MR) is 79.1 cm³/mol. The number of carbonyl (C=O) groups excluding carboxylic acids is 1. The van der Waals surface area contributed by atoms with E-state index in [0.29, 0.717) is 24.7 Å². The fraction of sp³-hybridized carbons (Fsp3) is 0.643. The zero-order valence-corrected chi connectivity index (χ0v) is 12.5. The molecule has 0 bridgehead atoms. The van der Waals surface area contributed by atoms with Crippen LogP contribution >= 0.6 is 0 Å². The number of nitrogens with one attached hydrogen (secondary N) is 1. The Kier molecular flexibility index (Phi) is 4.89. The summed E-state index contributed by atoms with van der Waals surface area (Å²) in [6.45, 7) is 10.9. The summed E-state index contributed by atoms with van der Waals surface area (Å²) in [5.41, 5.74) is 1.33. The number of amides is 1. The van der Waals surface area contributed by atoms with Gasteiger partial charge in [0.1, 0.15) is 5.69 Å². The molecule has 0 aliphatic carbocycles. The highest BCUT2D eigenvalue weighted by molar-refractivity contribution is 5.92. The van der Waals surface area contributed by atoms with E-state index >= 15 is 0 Å². The Morgan fingerprint density at radius 3 is 2.55 bits per heavy atom. The molecule has 1 N–H and O–H groups in total. The van der Waals surface area contributed by atoms with E-state index in [4.69, 9.17) is 0 Å². The topological polar surface area (TPSA) is 61.4 Å². The molecule has 1 aliphatic rings. The van der Waals surface area contributed by atoms with Crippen molar-refractivity contribution in [2.24, 2.45) is 0 Å². The summed E-state index contributed by atoms with van der Waals surface area (Å²) in [6, 6.07) is 1.77. The highest BCUT2D eigenvalue weighted by Gasteiger charge is 2.19. The molecule has 0 radical (unpaired) electrons. The number of anilines is 1. The van der Waals surface area contributed by atoms with Crippen LogP contribution in [-0.4, -0.2) is 60.0 Å². The van der Waals surface area contributed by atoms with Gasteiger partial charge in [-0.15, -0.1) is 0 Å². The number of piperazine rings is 1. The Labute approximate surface area is 120 Å². The monoisotopic (exact) mass is 277 g/mol. The lowest BCUT2D eigenvalue weighted by molar-refractivity contribution is 0.0767. The van der Waals surface area contributed by atoms with Gasteiger partial charge in [-0.1, -0.05) is 0 Å². The van der Waals surface area contributed by atoms with Crippen molar-refractivity contribution in [3.63, 3.8) is 0 Å². The molecule has 1 fully saturated rings. The molecule has 110 valence electrons. The molecule has 1 aromatic heterocycles. The lowest BCUT2D eigenvalue weighted by Crippen LogP contribution is -2.44. The lowest BCUT2D eigenvalue weighted by Gasteiger charge is -2.28. The van der Waals surface area contributed by atoms with Crippen LogP contribution in [0.1, 0.15) is 30.0 Å². The average molecular weight is 277 g/mol. The first-order valence-corrected chi connectivity index (χ1v) is 7.26. The van der Waals surface area contributed by atoms with Crippen LogP contribution in [0.2, 0.25) is 0 Å². The molecule has 0 spiro atoms. The van der Waals surface area contributed by atoms with Crippen LogP contribution in [0.5, 0.6) is 0 Å². The number of rotatable bonds is 4. The molecule has 0 unspecified atom stereocenters. The van der Waals surface area contributed by atoms with Gasteiger partial charge in [-0.25, -0.2) is 9.97 Å². The van der Waals surface area contributed by atoms with Crippen molar-refractivity contribution < 1.29 is 4.79 Å². The number of hydrogen-bond acceptors (Lipinski definition) is 5. The molecule has 1 aromatic rings. The van der Waals surface area contributed by atoms with Gasteiger partial charge in [-0.2, -0.15) is 0 Å². The summed E-state index contributed by atoms with van der Waals surface area (Å²) < 4.78 is 0. The molecule has 1 amide bonds. The van der Waals surface area contributed by atoms with E-state index < -0.39 is 0 Å². The second-order valence-electron chi connectivity index (χ2n) is 4.91. The SMILES string of the molecule is CCN(CC)C(=O)c1cc(C)nc(N2CCNCC2)n1. The molecular weight excluding hydrogens is 254 g/mol. The minimum atomic E-state index is -0.0168. The van der Waals surface area contributed by atoms with E-state index in [2.05, 4.69) is 20.2 Å². The highest BCUT2D eigenvalue weighted by Crippen LogP contribution is 2.12. The number of aromatic nitrogens is 2. The first kappa shape index (κ1) is 14.7. The normalized spacial score (nSPS) is 15.2. The van der Waals surface area contributed by atoms with E-state index in [1.165, 1.54) is 0 Å². The Morgan fingerprint density at radius 1 is 1.30 bits per heavy atom. The summed E-state index contributed by atoms with van der Waals surface area (Å²) in [4.78, 5) is 25.2. The zero-order chi connectivity index (χ0) is 14.5. The van der Waals surface area contributed by atoms with E-state index in [1.54, 1.807) is 11.0 Å². The maximum atomic E-state index is 12.4. The van der Waals surface area contributed by atoms with Crippen LogP contribution in [0.4, 0.5) is 5.95 Å². The van der Waals surface area contributed by atoms with E-state index in [0.717, 1.165) is 31.9 Å². The third kappa shape index (κ3) is 3.25. The van der Waals surface area contributed by atoms with Crippen molar-refractivity contribution in [1.82, 2.24) is 20.2 Å². The molecule has 0 aromatic carbocycles. The number of carbonyl (C=O) groups is 1. The van der Waals surface area contributed by atoms with Crippen molar-refractivity contribution in [3.05, 3.63) is 17.5 Å². The zero-order valence-electron chi connectivity index (χ0n) is 12.5. The minimum Gasteiger partial charge on any atom is -0.338 e. The molecule has 1 aliphatic heterocycles. The fourth-order valence-electron chi connectivity index (χ4n) is 2.34. The van der Waals surface area contributed by atoms with Crippen LogP contribution in [0.25, 0.3) is 0 Å². The maximum Gasteiger partial charge on any atom is 0.272 e. The van der Waals surface area contributed by atoms with E-state index in [9.17, 15) is 4.79 Å². The van der Waals surface area contributed by atoms with Crippen LogP contribution < -0.4 is 10.2 Å². The molecule has 0 saturated carbocycles. The Bertz CT molecular complexity index is 467. The maximum absolute atomic E-state index is 12.4. The Hall–Kier alpha value is -1.69. The van der Waals surface area contributed by atoms with Crippen LogP contribution in [0, 0.1) is 6.92 Å². The molecule has 2 rings (SSSR count). The van der Waals surface area contributed by atoms with Crippen molar-refractivity contribution in [3.8, 4) is 0 Å². The summed E-state index contributed by atoms with van der Waals surface area (Å²) in [6.07, 6.45) is 0. The summed E-state index contributed by atoms with van der Waals surface area (Å²) in [5, 5.41) is 3.30. The third-order valence-corrected chi connectivity index (χ3v) is 3.51. The average Bonchev–Trinajstić information content (AvgIpc) is 2.48. The number of hydrogen-bond donors (Lipinski definition) is 1. The van der Waals surface area contributed by atoms with Gasteiger partial charge >= 0.3 is 0 Å². The smallest absolute Gasteiger partial charge is 0.272 e. The van der Waals surface area contributed by atoms with Crippen LogP contribution in [0.3, 0.4) is 0 Å². The first-order valence-electron chi connectivity index (χ1n) is 7.26. The van der Waals surface area contributed by atoms with Crippen molar-refractivity contribution >= 4 is 11.9 Å². The molecule has 6 nitrogen and oxygen atoms in total. The lowest BCUT2D eigenvalue weighted by atomic mass is 10.3. The molecular formula is C14H23N5O. The van der Waals surface area contributed by atoms with E-state index in [1.807, 2.05) is 20.8 Å². The van der Waals surface area contributed by atoms with Crippen LogP contribution in [0.15, 0.2) is 6.07 Å². The second kappa shape index (κ2) is 6.65. The van der Waals surface area contributed by atoms with Gasteiger partial charge in [0, 0.05) is 45.0 Å². The second-order valence-corrected chi connectivity index (χ2v) is 4.91. The Morgan fingerprint density at radius 2 is 1.95 bits per heavy atom. The van der Waals surface area contributed by atoms with Gasteiger partial charge in [-0.05, 0) is 26.8 Å². The molecule has 0 atom stereocenters. The predicted octanol–water partition coefficient (Wildman–Crippen LogP) is 0.677. The first-order chi connectivity index (χ1) is 9.65. The van der Waals surface area contributed by atoms with Gasteiger partial charge in [0.05, 0.1) is 0 Å². The Balaban J connectivity index is 2.25. The third-order valence-electron chi connectivity index (χ3n) is 3.51. The summed E-state index contributed by atoms with van der Waals surface area (Å²) in [7, 11) is 0. The van der Waals surface area contributed by atoms with Gasteiger partial charge in [-0.3, -0.25) is 4.79 Å². The van der Waals surface area contributed by atoms with Crippen molar-refractivity contribution in [2.75, 3.05) is 44.2 Å². The van der Waals surface area contributed by atoms with Gasteiger partial charge < -0.3 is 15.1 Å². The van der Waals surface area contributed by atoms with Crippen LogP contribution in [-0.2, 0) is 0 Å². The number of nitrogens with zero attached hydrogens (tertiary/aromatic N) is 4. The van der Waals surface area contributed by atoms with Crippen molar-refractivity contribution in [1.29, 1.82) is 0 Å². The van der Waals surface area contributed by atoms with Gasteiger partial charge in [0.2, 0.25) is 5.95 Å². The number of aryl methyl sites for hydroxylation is 1.